The molecule has 8 aliphatic rings. The standard InChI is InChI=1S/C23H29NO8.C22H35NO6.C6H12O.CH2Cl2.CH4/c1-14(2)5-10-18-22(3,32-18)20-19(28-4)17(11-12-23(20)13-29-23)31-21(25)30-16-8-6-15(7-9-16)24(26)27;1-14(2)7-8-17-21(3,29-17)19-18(26-4)16(9-10-22(19)13-27-22)28-20(25)23-11-5-6-15(23)12-24;7-5-6-3-1-2-4-6;2-1-3;/h5-10,14,17-20H,11-13H2,1-4H3;7-8,14-19,24H,5-6,9-13H2,1-4H3;6-7H,1-5H2;1H2;1H4/b10-5+;8-7+;;;/t17-,18-,19-,20?,22-,23+;15?,16-,17-,18-,19?,21+,22+;;;/m11.../s1. The van der Waals surface area contributed by atoms with Gasteiger partial charge in [-0.05, 0) is 95.1 Å². The van der Waals surface area contributed by atoms with Crippen molar-refractivity contribution in [2.24, 2.45) is 29.6 Å². The van der Waals surface area contributed by atoms with Gasteiger partial charge in [0.05, 0.1) is 48.0 Å². The molecule has 408 valence electrons. The number of carbonyl (C=O) groups excluding carboxylic acids is 2. The molecule has 13 atom stereocenters. The lowest BCUT2D eigenvalue weighted by atomic mass is 9.68. The number of nitrogens with zero attached hydrogens (tertiary/aromatic N) is 2. The molecule has 0 radical (unpaired) electrons. The van der Waals surface area contributed by atoms with Crippen LogP contribution in [0.15, 0.2) is 48.6 Å². The van der Waals surface area contributed by atoms with Crippen LogP contribution in [-0.4, -0.2) is 150 Å². The van der Waals surface area contributed by atoms with E-state index in [1.54, 1.807) is 19.1 Å². The lowest BCUT2D eigenvalue weighted by Crippen LogP contribution is -2.56. The molecule has 1 amide bonds. The van der Waals surface area contributed by atoms with Gasteiger partial charge in [-0.3, -0.25) is 10.1 Å². The topological polar surface area (TPSA) is 217 Å². The van der Waals surface area contributed by atoms with Crippen molar-refractivity contribution < 1.29 is 67.4 Å². The van der Waals surface area contributed by atoms with Crippen LogP contribution in [-0.2, 0) is 37.9 Å². The van der Waals surface area contributed by atoms with Crippen LogP contribution >= 0.6 is 23.2 Å². The van der Waals surface area contributed by atoms with Crippen molar-refractivity contribution in [3.63, 3.8) is 0 Å². The lowest BCUT2D eigenvalue weighted by molar-refractivity contribution is -0.384. The third-order valence-corrected chi connectivity index (χ3v) is 15.5. The highest BCUT2D eigenvalue weighted by Gasteiger charge is 2.73. The van der Waals surface area contributed by atoms with Crippen molar-refractivity contribution in [3.05, 3.63) is 58.7 Å². The van der Waals surface area contributed by atoms with E-state index in [0.29, 0.717) is 57.0 Å². The molecule has 5 saturated heterocycles. The molecule has 1 aromatic rings. The molecule has 3 saturated carbocycles. The van der Waals surface area contributed by atoms with Gasteiger partial charge in [-0.2, -0.15) is 0 Å². The van der Waals surface area contributed by atoms with Crippen LogP contribution in [0.3, 0.4) is 0 Å². The van der Waals surface area contributed by atoms with E-state index < -0.39 is 28.9 Å². The molecule has 17 nitrogen and oxygen atoms in total. The minimum atomic E-state index is -0.879. The second-order valence-electron chi connectivity index (χ2n) is 21.1. The number of halogens is 2. The Morgan fingerprint density at radius 2 is 1.26 bits per heavy atom. The number of nitro benzene ring substituents is 1. The van der Waals surface area contributed by atoms with Gasteiger partial charge < -0.3 is 57.7 Å². The van der Waals surface area contributed by atoms with Crippen molar-refractivity contribution in [3.8, 4) is 5.75 Å². The zero-order valence-corrected chi connectivity index (χ0v) is 44.2. The van der Waals surface area contributed by atoms with E-state index in [4.69, 9.17) is 70.9 Å². The van der Waals surface area contributed by atoms with Gasteiger partial charge >= 0.3 is 12.2 Å². The summed E-state index contributed by atoms with van der Waals surface area (Å²) in [6.07, 6.45) is 15.5. The summed E-state index contributed by atoms with van der Waals surface area (Å²) in [7, 11) is 3.28. The number of amides is 1. The Labute approximate surface area is 436 Å². The number of non-ortho nitro benzene ring substituents is 1. The summed E-state index contributed by atoms with van der Waals surface area (Å²) in [6.45, 7) is 15.1. The maximum absolute atomic E-state index is 12.8. The molecule has 9 rings (SSSR count). The fourth-order valence-corrected chi connectivity index (χ4v) is 11.4. The van der Waals surface area contributed by atoms with Crippen LogP contribution in [0.2, 0.25) is 0 Å². The smallest absolute Gasteiger partial charge is 0.443 e. The summed E-state index contributed by atoms with van der Waals surface area (Å²) in [5.41, 5.74) is -1.49. The van der Waals surface area contributed by atoms with Crippen molar-refractivity contribution in [2.45, 2.75) is 178 Å². The SMILES string of the molecule is C.CO[C@H]1C([C@@]2(C)O[C@@H]2/C=C/C(C)C)[C@]2(CC[C@H]1OC(=O)N1CCCC1CO)CO2.CO[C@H]1C([C@]2(C)O[C@@H]2/C=C/C(C)C)[C@]2(CC[C@H]1OC(=O)Oc1ccc([N+](=O)[O-])cc1)CO2.ClCCl.OCC1CCCC1. The molecule has 3 unspecified atom stereocenters. The fraction of sp³-hybridized carbons (Fsp3) is 0.774. The van der Waals surface area contributed by atoms with Crippen molar-refractivity contribution in [2.75, 3.05) is 52.5 Å². The average molecular weight is 1060 g/mol. The number of nitro groups is 1. The Kier molecular flexibility index (Phi) is 21.7. The normalized spacial score (nSPS) is 36.2. The Morgan fingerprint density at radius 3 is 1.65 bits per heavy atom. The van der Waals surface area contributed by atoms with Crippen molar-refractivity contribution in [1.82, 2.24) is 4.90 Å². The van der Waals surface area contributed by atoms with E-state index in [-0.39, 0.29) is 96.0 Å². The predicted molar refractivity (Wildman–Crippen MR) is 272 cm³/mol. The summed E-state index contributed by atoms with van der Waals surface area (Å²) in [6, 6.07) is 5.10. The van der Waals surface area contributed by atoms with E-state index in [9.17, 15) is 24.8 Å². The number of rotatable bonds is 14. The number of alkyl halides is 2. The number of methoxy groups -OCH3 is 2. The van der Waals surface area contributed by atoms with Crippen LogP contribution in [0.25, 0.3) is 0 Å². The predicted octanol–water partition coefficient (Wildman–Crippen LogP) is 9.78. The third-order valence-electron chi connectivity index (χ3n) is 15.5. The summed E-state index contributed by atoms with van der Waals surface area (Å²) in [5, 5.41) is 29.1. The van der Waals surface area contributed by atoms with Crippen molar-refractivity contribution in [1.29, 1.82) is 0 Å². The third kappa shape index (κ3) is 14.4. The molecule has 2 spiro atoms. The first-order chi connectivity index (χ1) is 33.9. The molecule has 72 heavy (non-hydrogen) atoms. The minimum absolute atomic E-state index is 0. The number of hydrogen-bond acceptors (Lipinski definition) is 15. The van der Waals surface area contributed by atoms with Crippen LogP contribution < -0.4 is 4.74 Å². The van der Waals surface area contributed by atoms with Crippen LogP contribution in [0.1, 0.15) is 113 Å². The van der Waals surface area contributed by atoms with Gasteiger partial charge in [-0.1, -0.05) is 72.3 Å². The maximum Gasteiger partial charge on any atom is 0.514 e. The zero-order chi connectivity index (χ0) is 51.7. The first kappa shape index (κ1) is 59.8. The number of epoxide rings is 4. The number of likely N-dealkylation sites (tertiary alicyclic amines) is 1. The monoisotopic (exact) mass is 1060 g/mol. The summed E-state index contributed by atoms with van der Waals surface area (Å²) in [4.78, 5) is 37.2. The van der Waals surface area contributed by atoms with E-state index >= 15 is 0 Å². The second kappa shape index (κ2) is 26.1. The summed E-state index contributed by atoms with van der Waals surface area (Å²) < 4.78 is 52.7. The molecule has 19 heteroatoms. The number of hydrogen-bond donors (Lipinski definition) is 2. The molecule has 5 aliphatic heterocycles. The molecule has 1 aromatic carbocycles. The number of carbonyl (C=O) groups is 2. The average Bonchev–Trinajstić information content (AvgIpc) is 4.33. The van der Waals surface area contributed by atoms with Gasteiger partial charge in [0, 0.05) is 39.5 Å². The molecule has 8 fully saturated rings. The van der Waals surface area contributed by atoms with E-state index in [0.717, 1.165) is 25.7 Å². The second-order valence-corrected chi connectivity index (χ2v) is 21.9. The lowest BCUT2D eigenvalue weighted by Gasteiger charge is -2.43. The Morgan fingerprint density at radius 1 is 0.792 bits per heavy atom. The fourth-order valence-electron chi connectivity index (χ4n) is 11.4. The van der Waals surface area contributed by atoms with Gasteiger partial charge in [-0.25, -0.2) is 9.59 Å². The highest BCUT2D eigenvalue weighted by molar-refractivity contribution is 6.40. The van der Waals surface area contributed by atoms with E-state index in [2.05, 4.69) is 65.8 Å². The summed E-state index contributed by atoms with van der Waals surface area (Å²) >= 11 is 9.53. The molecule has 0 bridgehead atoms. The van der Waals surface area contributed by atoms with E-state index in [1.165, 1.54) is 49.9 Å². The quantitative estimate of drug-likeness (QED) is 0.0337. The zero-order valence-electron chi connectivity index (χ0n) is 42.7. The number of aliphatic hydroxyl groups excluding tert-OH is 2. The first-order valence-electron chi connectivity index (χ1n) is 25.4. The number of ether oxygens (including phenoxy) is 9. The van der Waals surface area contributed by atoms with Crippen LogP contribution in [0, 0.1) is 39.7 Å². The molecule has 2 N–H and O–H groups in total. The molecular weight excluding hydrogens is 975 g/mol. The number of benzene rings is 1. The number of aliphatic hydroxyl groups is 2. The van der Waals surface area contributed by atoms with Crippen LogP contribution in [0.5, 0.6) is 5.75 Å². The van der Waals surface area contributed by atoms with Gasteiger partial charge in [0.25, 0.3) is 5.69 Å². The van der Waals surface area contributed by atoms with Gasteiger partial charge in [-0.15, -0.1) is 23.2 Å². The van der Waals surface area contributed by atoms with E-state index in [1.807, 2.05) is 0 Å². The Balaban J connectivity index is 0.000000222. The molecule has 3 aliphatic carbocycles. The highest BCUT2D eigenvalue weighted by Crippen LogP contribution is 2.60. The van der Waals surface area contributed by atoms with Crippen LogP contribution in [0.4, 0.5) is 15.3 Å². The largest absolute Gasteiger partial charge is 0.514 e. The van der Waals surface area contributed by atoms with Gasteiger partial charge in [0.2, 0.25) is 0 Å². The molecular formula is C53H82Cl2N2O15. The van der Waals surface area contributed by atoms with Gasteiger partial charge in [0.1, 0.15) is 64.8 Å². The summed E-state index contributed by atoms with van der Waals surface area (Å²) in [5.74, 6) is 1.60. The number of allylic oxidation sites excluding steroid dienone is 2. The van der Waals surface area contributed by atoms with Gasteiger partial charge in [0.15, 0.2) is 0 Å². The maximum atomic E-state index is 12.8. The minimum Gasteiger partial charge on any atom is -0.443 e. The van der Waals surface area contributed by atoms with Crippen molar-refractivity contribution >= 4 is 41.1 Å². The molecule has 0 aromatic heterocycles. The molecule has 5 heterocycles. The first-order valence-corrected chi connectivity index (χ1v) is 26.4. The highest BCUT2D eigenvalue weighted by atomic mass is 35.5. The Hall–Kier alpha value is -3.10. The Bertz CT molecular complexity index is 1960.